The molecule has 172 valence electrons. The molecule has 1 fully saturated rings. The Kier molecular flexibility index (Phi) is 8.97. The Hall–Kier alpha value is -2.54. The van der Waals surface area contributed by atoms with Gasteiger partial charge in [-0.3, -0.25) is 9.59 Å². The minimum absolute atomic E-state index is 0.0954. The molecule has 3 rings (SSSR count). The van der Waals surface area contributed by atoms with Crippen LogP contribution >= 0.6 is 11.8 Å². The van der Waals surface area contributed by atoms with Gasteiger partial charge in [-0.1, -0.05) is 37.1 Å². The predicted octanol–water partition coefficient (Wildman–Crippen LogP) is 4.54. The van der Waals surface area contributed by atoms with E-state index in [1.165, 1.54) is 23.9 Å². The molecule has 1 aliphatic rings. The van der Waals surface area contributed by atoms with Gasteiger partial charge in [-0.25, -0.2) is 4.39 Å². The van der Waals surface area contributed by atoms with E-state index in [1.54, 1.807) is 31.1 Å². The summed E-state index contributed by atoms with van der Waals surface area (Å²) in [5, 5.41) is 3.11. The zero-order valence-corrected chi connectivity index (χ0v) is 19.5. The number of amides is 2. The predicted molar refractivity (Wildman–Crippen MR) is 126 cm³/mol. The molecule has 0 aromatic heterocycles. The highest BCUT2D eigenvalue weighted by atomic mass is 32.2. The summed E-state index contributed by atoms with van der Waals surface area (Å²) in [6, 6.07) is 13.4. The Morgan fingerprint density at radius 3 is 2.34 bits per heavy atom. The zero-order chi connectivity index (χ0) is 22.9. The molecule has 32 heavy (non-hydrogen) atoms. The Morgan fingerprint density at radius 2 is 1.72 bits per heavy atom. The van der Waals surface area contributed by atoms with Crippen LogP contribution in [0.25, 0.3) is 0 Å². The number of rotatable bonds is 10. The molecule has 0 saturated heterocycles. The number of benzene rings is 2. The highest BCUT2D eigenvalue weighted by molar-refractivity contribution is 7.99. The minimum atomic E-state index is -0.573. The van der Waals surface area contributed by atoms with Gasteiger partial charge in [-0.05, 0) is 55.2 Å². The molecule has 1 atom stereocenters. The number of nitrogens with zero attached hydrogens (tertiary/aromatic N) is 1. The summed E-state index contributed by atoms with van der Waals surface area (Å²) in [7, 11) is 1.61. The molecular weight excluding hydrogens is 427 g/mol. The lowest BCUT2D eigenvalue weighted by atomic mass is 10.1. The van der Waals surface area contributed by atoms with E-state index >= 15 is 0 Å². The number of thioether (sulfide) groups is 1. The number of carbonyl (C=O) groups excluding carboxylic acids is 2. The maximum atomic E-state index is 13.1. The third kappa shape index (κ3) is 6.99. The maximum Gasteiger partial charge on any atom is 0.242 e. The van der Waals surface area contributed by atoms with Crippen molar-refractivity contribution in [2.75, 3.05) is 12.9 Å². The topological polar surface area (TPSA) is 58.6 Å². The molecule has 0 radical (unpaired) electrons. The van der Waals surface area contributed by atoms with Crippen molar-refractivity contribution < 1.29 is 18.7 Å². The smallest absolute Gasteiger partial charge is 0.242 e. The van der Waals surface area contributed by atoms with Crippen molar-refractivity contribution in [1.29, 1.82) is 0 Å². The second-order valence-corrected chi connectivity index (χ2v) is 9.14. The molecule has 2 aromatic carbocycles. The third-order valence-corrected chi connectivity index (χ3v) is 6.78. The van der Waals surface area contributed by atoms with Gasteiger partial charge in [0.05, 0.1) is 12.9 Å². The van der Waals surface area contributed by atoms with Crippen LogP contribution in [-0.4, -0.2) is 41.7 Å². The zero-order valence-electron chi connectivity index (χ0n) is 18.7. The van der Waals surface area contributed by atoms with Crippen LogP contribution in [0.5, 0.6) is 5.75 Å². The van der Waals surface area contributed by atoms with Crippen LogP contribution in [0, 0.1) is 5.82 Å². The first kappa shape index (κ1) is 24.1. The molecule has 0 unspecified atom stereocenters. The molecule has 5 nitrogen and oxygen atoms in total. The van der Waals surface area contributed by atoms with Crippen LogP contribution in [-0.2, 0) is 21.9 Å². The molecule has 7 heteroatoms. The van der Waals surface area contributed by atoms with Gasteiger partial charge >= 0.3 is 0 Å². The molecule has 1 aliphatic carbocycles. The summed E-state index contributed by atoms with van der Waals surface area (Å²) in [5.74, 6) is 1.11. The summed E-state index contributed by atoms with van der Waals surface area (Å²) in [6.07, 6.45) is 4.26. The van der Waals surface area contributed by atoms with Crippen molar-refractivity contribution in [2.45, 2.75) is 57.0 Å². The van der Waals surface area contributed by atoms with Crippen molar-refractivity contribution in [3.05, 3.63) is 65.5 Å². The molecular formula is C25H31FN2O3S. The normalized spacial score (nSPS) is 14.7. The number of nitrogens with one attached hydrogen (secondary N) is 1. The summed E-state index contributed by atoms with van der Waals surface area (Å²) in [5.41, 5.74) is 1.89. The highest BCUT2D eigenvalue weighted by Gasteiger charge is 2.28. The molecule has 2 aromatic rings. The average Bonchev–Trinajstić information content (AvgIpc) is 3.31. The lowest BCUT2D eigenvalue weighted by Gasteiger charge is -2.29. The first-order valence-electron chi connectivity index (χ1n) is 11.0. The molecule has 0 bridgehead atoms. The average molecular weight is 459 g/mol. The molecule has 0 spiro atoms. The molecule has 1 N–H and O–H groups in total. The Bertz CT molecular complexity index is 883. The van der Waals surface area contributed by atoms with Crippen molar-refractivity contribution in [1.82, 2.24) is 10.2 Å². The Balaban J connectivity index is 1.65. The van der Waals surface area contributed by atoms with E-state index in [4.69, 9.17) is 4.74 Å². The highest BCUT2D eigenvalue weighted by Crippen LogP contribution is 2.20. The fourth-order valence-corrected chi connectivity index (χ4v) is 4.69. The van der Waals surface area contributed by atoms with Crippen molar-refractivity contribution in [3.63, 3.8) is 0 Å². The molecule has 2 amide bonds. The maximum absolute atomic E-state index is 13.1. The number of hydrogen-bond acceptors (Lipinski definition) is 4. The minimum Gasteiger partial charge on any atom is -0.497 e. The van der Waals surface area contributed by atoms with Gasteiger partial charge < -0.3 is 15.0 Å². The van der Waals surface area contributed by atoms with Gasteiger partial charge in [0.15, 0.2) is 0 Å². The van der Waals surface area contributed by atoms with Crippen LogP contribution in [0.1, 0.15) is 43.7 Å². The third-order valence-electron chi connectivity index (χ3n) is 5.79. The number of methoxy groups -OCH3 is 1. The van der Waals surface area contributed by atoms with Crippen LogP contribution < -0.4 is 10.1 Å². The van der Waals surface area contributed by atoms with Crippen molar-refractivity contribution in [2.24, 2.45) is 0 Å². The summed E-state index contributed by atoms with van der Waals surface area (Å²) in [6.45, 7) is 2.13. The number of hydrogen-bond donors (Lipinski definition) is 1. The second kappa shape index (κ2) is 11.9. The fourth-order valence-electron chi connectivity index (χ4n) is 3.82. The van der Waals surface area contributed by atoms with Crippen molar-refractivity contribution >= 4 is 23.6 Å². The Labute approximate surface area is 193 Å². The van der Waals surface area contributed by atoms with Crippen LogP contribution in [0.3, 0.4) is 0 Å². The van der Waals surface area contributed by atoms with Gasteiger partial charge in [0.1, 0.15) is 17.6 Å². The molecule has 1 saturated carbocycles. The standard InChI is InChI=1S/C25H31FN2O3S/c1-18(25(30)27-22-5-3-4-6-22)28(15-19-9-13-23(31-2)14-10-19)24(29)17-32-16-20-7-11-21(26)12-8-20/h7-14,18,22H,3-6,15-17H2,1-2H3,(H,27,30)/t18-/m1/s1. The van der Waals surface area contributed by atoms with Crippen LogP contribution in [0.4, 0.5) is 4.39 Å². The van der Waals surface area contributed by atoms with E-state index in [-0.39, 0.29) is 29.4 Å². The van der Waals surface area contributed by atoms with Crippen molar-refractivity contribution in [3.8, 4) is 5.75 Å². The van der Waals surface area contributed by atoms with E-state index in [0.717, 1.165) is 42.6 Å². The number of halogens is 1. The number of carbonyl (C=O) groups is 2. The summed E-state index contributed by atoms with van der Waals surface area (Å²) < 4.78 is 18.3. The first-order valence-corrected chi connectivity index (χ1v) is 12.2. The first-order chi connectivity index (χ1) is 15.5. The van der Waals surface area contributed by atoms with E-state index in [0.29, 0.717) is 12.3 Å². The number of ether oxygens (including phenoxy) is 1. The lowest BCUT2D eigenvalue weighted by Crippen LogP contribution is -2.50. The fraction of sp³-hybridized carbons (Fsp3) is 0.440. The van der Waals surface area contributed by atoms with E-state index < -0.39 is 6.04 Å². The van der Waals surface area contributed by atoms with Gasteiger partial charge in [-0.2, -0.15) is 0 Å². The van der Waals surface area contributed by atoms with E-state index in [1.807, 2.05) is 24.3 Å². The monoisotopic (exact) mass is 458 g/mol. The van der Waals surface area contributed by atoms with Gasteiger partial charge in [0, 0.05) is 18.3 Å². The van der Waals surface area contributed by atoms with Crippen LogP contribution in [0.15, 0.2) is 48.5 Å². The SMILES string of the molecule is COc1ccc(CN(C(=O)CSCc2ccc(F)cc2)[C@H](C)C(=O)NC2CCCC2)cc1. The summed E-state index contributed by atoms with van der Waals surface area (Å²) in [4.78, 5) is 27.7. The van der Waals surface area contributed by atoms with Gasteiger partial charge in [-0.15, -0.1) is 11.8 Å². The largest absolute Gasteiger partial charge is 0.497 e. The second-order valence-electron chi connectivity index (χ2n) is 8.15. The molecule has 0 aliphatic heterocycles. The van der Waals surface area contributed by atoms with E-state index in [2.05, 4.69) is 5.32 Å². The van der Waals surface area contributed by atoms with Gasteiger partial charge in [0.2, 0.25) is 11.8 Å². The van der Waals surface area contributed by atoms with Gasteiger partial charge in [0.25, 0.3) is 0 Å². The van der Waals surface area contributed by atoms with E-state index in [9.17, 15) is 14.0 Å². The van der Waals surface area contributed by atoms with Crippen LogP contribution in [0.2, 0.25) is 0 Å². The lowest BCUT2D eigenvalue weighted by molar-refractivity contribution is -0.138. The Morgan fingerprint density at radius 1 is 1.09 bits per heavy atom. The summed E-state index contributed by atoms with van der Waals surface area (Å²) >= 11 is 1.46. The molecule has 0 heterocycles. The quantitative estimate of drug-likeness (QED) is 0.568.